The van der Waals surface area contributed by atoms with Gasteiger partial charge in [0.15, 0.2) is 0 Å². The fourth-order valence-corrected chi connectivity index (χ4v) is 1.48. The molecule has 0 radical (unpaired) electrons. The van der Waals surface area contributed by atoms with E-state index in [2.05, 4.69) is 17.2 Å². The summed E-state index contributed by atoms with van der Waals surface area (Å²) in [5, 5.41) is 12.1. The van der Waals surface area contributed by atoms with Crippen LogP contribution in [-0.2, 0) is 6.54 Å². The maximum absolute atomic E-state index is 8.86. The fourth-order valence-electron chi connectivity index (χ4n) is 1.48. The number of nitrogens with one attached hydrogen (secondary N) is 1. The molecule has 92 valence electrons. The Morgan fingerprint density at radius 3 is 2.75 bits per heavy atom. The zero-order chi connectivity index (χ0) is 12.0. The molecule has 0 saturated carbocycles. The van der Waals surface area contributed by atoms with Gasteiger partial charge in [-0.2, -0.15) is 0 Å². The molecule has 4 nitrogen and oxygen atoms in total. The van der Waals surface area contributed by atoms with Crippen molar-refractivity contribution >= 4 is 0 Å². The third-order valence-electron chi connectivity index (χ3n) is 2.71. The Hall–Kier alpha value is -0.870. The van der Waals surface area contributed by atoms with Crippen LogP contribution in [0.5, 0.6) is 0 Å². The van der Waals surface area contributed by atoms with E-state index in [9.17, 15) is 0 Å². The number of aryl methyl sites for hydroxylation is 2. The van der Waals surface area contributed by atoms with E-state index < -0.39 is 0 Å². The second-order valence-corrected chi connectivity index (χ2v) is 4.36. The Balaban J connectivity index is 2.11. The second-order valence-electron chi connectivity index (χ2n) is 4.36. The van der Waals surface area contributed by atoms with Crippen LogP contribution < -0.4 is 5.32 Å². The van der Waals surface area contributed by atoms with Crippen molar-refractivity contribution in [3.8, 4) is 0 Å². The van der Waals surface area contributed by atoms with Crippen molar-refractivity contribution in [3.63, 3.8) is 0 Å². The molecule has 1 heterocycles. The van der Waals surface area contributed by atoms with Crippen LogP contribution in [0, 0.1) is 19.8 Å². The normalized spacial score (nSPS) is 13.0. The minimum absolute atomic E-state index is 0.276. The van der Waals surface area contributed by atoms with Crippen LogP contribution in [-0.4, -0.2) is 23.2 Å². The second kappa shape index (κ2) is 6.66. The summed E-state index contributed by atoms with van der Waals surface area (Å²) in [5.74, 6) is 2.05. The maximum Gasteiger partial charge on any atom is 0.208 e. The van der Waals surface area contributed by atoms with Crippen molar-refractivity contribution in [3.05, 3.63) is 17.3 Å². The van der Waals surface area contributed by atoms with Gasteiger partial charge in [-0.25, -0.2) is 4.98 Å². The lowest BCUT2D eigenvalue weighted by Gasteiger charge is -2.07. The minimum atomic E-state index is 0.276. The number of aliphatic hydroxyl groups is 1. The van der Waals surface area contributed by atoms with Crippen molar-refractivity contribution in [2.24, 2.45) is 5.92 Å². The number of oxazole rings is 1. The van der Waals surface area contributed by atoms with Gasteiger partial charge >= 0.3 is 0 Å². The van der Waals surface area contributed by atoms with Crippen molar-refractivity contribution < 1.29 is 9.52 Å². The van der Waals surface area contributed by atoms with Gasteiger partial charge in [-0.1, -0.05) is 6.92 Å². The first kappa shape index (κ1) is 13.2. The molecule has 1 atom stereocenters. The highest BCUT2D eigenvalue weighted by Gasteiger charge is 2.04. The van der Waals surface area contributed by atoms with Crippen LogP contribution in [0.3, 0.4) is 0 Å². The number of hydrogen-bond donors (Lipinski definition) is 2. The highest BCUT2D eigenvalue weighted by atomic mass is 16.4. The van der Waals surface area contributed by atoms with Crippen molar-refractivity contribution in [2.75, 3.05) is 13.2 Å². The molecule has 2 N–H and O–H groups in total. The molecule has 0 fully saturated rings. The van der Waals surface area contributed by atoms with E-state index in [0.717, 1.165) is 36.7 Å². The molecular weight excluding hydrogens is 204 g/mol. The molecule has 0 bridgehead atoms. The van der Waals surface area contributed by atoms with Gasteiger partial charge in [-0.05, 0) is 39.2 Å². The highest BCUT2D eigenvalue weighted by molar-refractivity contribution is 5.04. The highest BCUT2D eigenvalue weighted by Crippen LogP contribution is 2.08. The summed E-state index contributed by atoms with van der Waals surface area (Å²) in [4.78, 5) is 4.29. The summed E-state index contributed by atoms with van der Waals surface area (Å²) in [6.45, 7) is 7.83. The molecule has 0 aliphatic heterocycles. The topological polar surface area (TPSA) is 58.3 Å². The van der Waals surface area contributed by atoms with E-state index in [1.807, 2.05) is 13.8 Å². The lowest BCUT2D eigenvalue weighted by atomic mass is 10.1. The van der Waals surface area contributed by atoms with Crippen LogP contribution in [0.25, 0.3) is 0 Å². The summed E-state index contributed by atoms with van der Waals surface area (Å²) in [5.41, 5.74) is 0.964. The predicted octanol–water partition coefficient (Wildman–Crippen LogP) is 1.79. The van der Waals surface area contributed by atoms with Crippen LogP contribution in [0.15, 0.2) is 4.42 Å². The molecule has 0 aliphatic carbocycles. The Morgan fingerprint density at radius 2 is 2.19 bits per heavy atom. The van der Waals surface area contributed by atoms with E-state index in [4.69, 9.17) is 9.52 Å². The zero-order valence-corrected chi connectivity index (χ0v) is 10.4. The van der Waals surface area contributed by atoms with Gasteiger partial charge in [-0.15, -0.1) is 0 Å². The van der Waals surface area contributed by atoms with E-state index in [1.54, 1.807) is 0 Å². The number of aromatic nitrogens is 1. The smallest absolute Gasteiger partial charge is 0.208 e. The van der Waals surface area contributed by atoms with Crippen LogP contribution in [0.1, 0.15) is 37.1 Å². The first-order chi connectivity index (χ1) is 7.63. The Bertz CT molecular complexity index is 290. The SMILES string of the molecule is Cc1nc(CNCCCC(C)CO)oc1C. The molecule has 0 saturated heterocycles. The van der Waals surface area contributed by atoms with Crippen molar-refractivity contribution in [2.45, 2.75) is 40.2 Å². The maximum atomic E-state index is 8.86. The van der Waals surface area contributed by atoms with E-state index in [-0.39, 0.29) is 6.61 Å². The lowest BCUT2D eigenvalue weighted by molar-refractivity contribution is 0.228. The predicted molar refractivity (Wildman–Crippen MR) is 63.2 cm³/mol. The molecule has 4 heteroatoms. The molecule has 0 aliphatic rings. The largest absolute Gasteiger partial charge is 0.444 e. The van der Waals surface area contributed by atoms with Gasteiger partial charge in [0.05, 0.1) is 12.2 Å². The lowest BCUT2D eigenvalue weighted by Crippen LogP contribution is -2.16. The fraction of sp³-hybridized carbons (Fsp3) is 0.750. The summed E-state index contributed by atoms with van der Waals surface area (Å²) in [6, 6.07) is 0. The number of hydrogen-bond acceptors (Lipinski definition) is 4. The molecule has 16 heavy (non-hydrogen) atoms. The average molecular weight is 226 g/mol. The van der Waals surface area contributed by atoms with E-state index >= 15 is 0 Å². The first-order valence-electron chi connectivity index (χ1n) is 5.88. The average Bonchev–Trinajstić information content (AvgIpc) is 2.57. The number of rotatable bonds is 7. The van der Waals surface area contributed by atoms with E-state index in [1.165, 1.54) is 0 Å². The Morgan fingerprint density at radius 1 is 1.44 bits per heavy atom. The summed E-state index contributed by atoms with van der Waals surface area (Å²) >= 11 is 0. The van der Waals surface area contributed by atoms with Crippen molar-refractivity contribution in [1.82, 2.24) is 10.3 Å². The Labute approximate surface area is 97.1 Å². The first-order valence-corrected chi connectivity index (χ1v) is 5.88. The molecule has 1 aromatic heterocycles. The molecule has 1 unspecified atom stereocenters. The van der Waals surface area contributed by atoms with Crippen molar-refractivity contribution in [1.29, 1.82) is 0 Å². The standard InChI is InChI=1S/C12H22N2O2/c1-9(8-15)5-4-6-13-7-12-14-10(2)11(3)16-12/h9,13,15H,4-8H2,1-3H3. The minimum Gasteiger partial charge on any atom is -0.444 e. The Kier molecular flexibility index (Phi) is 5.49. The van der Waals surface area contributed by atoms with Gasteiger partial charge < -0.3 is 14.8 Å². The molecular formula is C12H22N2O2. The van der Waals surface area contributed by atoms with Gasteiger partial charge in [0.25, 0.3) is 0 Å². The van der Waals surface area contributed by atoms with Crippen LogP contribution in [0.4, 0.5) is 0 Å². The molecule has 0 aromatic carbocycles. The molecule has 0 spiro atoms. The van der Waals surface area contributed by atoms with Gasteiger partial charge in [0.2, 0.25) is 5.89 Å². The van der Waals surface area contributed by atoms with Gasteiger partial charge in [0.1, 0.15) is 5.76 Å². The van der Waals surface area contributed by atoms with Gasteiger partial charge in [0, 0.05) is 6.61 Å². The third kappa shape index (κ3) is 4.33. The summed E-state index contributed by atoms with van der Waals surface area (Å²) < 4.78 is 5.45. The number of aliphatic hydroxyl groups excluding tert-OH is 1. The number of nitrogens with zero attached hydrogens (tertiary/aromatic N) is 1. The molecule has 0 amide bonds. The monoisotopic (exact) mass is 226 g/mol. The van der Waals surface area contributed by atoms with Crippen LogP contribution in [0.2, 0.25) is 0 Å². The van der Waals surface area contributed by atoms with Gasteiger partial charge in [-0.3, -0.25) is 0 Å². The van der Waals surface area contributed by atoms with Crippen LogP contribution >= 0.6 is 0 Å². The molecule has 1 aromatic rings. The third-order valence-corrected chi connectivity index (χ3v) is 2.71. The summed E-state index contributed by atoms with van der Waals surface area (Å²) in [6.07, 6.45) is 2.12. The van der Waals surface area contributed by atoms with E-state index in [0.29, 0.717) is 12.5 Å². The molecule has 1 rings (SSSR count). The summed E-state index contributed by atoms with van der Waals surface area (Å²) in [7, 11) is 0. The zero-order valence-electron chi connectivity index (χ0n) is 10.4. The quantitative estimate of drug-likeness (QED) is 0.696.